The number of rotatable bonds is 3. The molecule has 0 aromatic carbocycles. The molecule has 0 aliphatic rings. The Kier molecular flexibility index (Phi) is 3.67. The maximum absolute atomic E-state index is 13.2. The lowest BCUT2D eigenvalue weighted by Gasteiger charge is -2.06. The van der Waals surface area contributed by atoms with Crippen molar-refractivity contribution in [3.05, 3.63) is 27.7 Å². The van der Waals surface area contributed by atoms with Crippen molar-refractivity contribution < 1.29 is 23.1 Å². The van der Waals surface area contributed by atoms with Crippen molar-refractivity contribution in [1.29, 1.82) is 0 Å². The molecule has 0 radical (unpaired) electrons. The lowest BCUT2D eigenvalue weighted by Crippen LogP contribution is -2.08. The first kappa shape index (κ1) is 12.0. The Bertz CT molecular complexity index is 398. The van der Waals surface area contributed by atoms with E-state index in [1.165, 1.54) is 0 Å². The Morgan fingerprint density at radius 3 is 2.67 bits per heavy atom. The summed E-state index contributed by atoms with van der Waals surface area (Å²) in [5, 5.41) is 8.40. The molecule has 3 nitrogen and oxygen atoms in total. The molecular weight excluding hydrogens is 279 g/mol. The average molecular weight is 284 g/mol. The van der Waals surface area contributed by atoms with Crippen LogP contribution in [-0.2, 0) is 11.2 Å². The molecule has 0 aliphatic carbocycles. The van der Waals surface area contributed by atoms with E-state index in [9.17, 15) is 18.0 Å². The molecule has 0 saturated heterocycles. The molecule has 82 valence electrons. The number of aliphatic carboxylic acids is 1. The zero-order valence-corrected chi connectivity index (χ0v) is 8.76. The predicted octanol–water partition coefficient (Wildman–Crippen LogP) is 2.55. The zero-order chi connectivity index (χ0) is 11.6. The van der Waals surface area contributed by atoms with Crippen LogP contribution in [0.1, 0.15) is 17.7 Å². The van der Waals surface area contributed by atoms with Crippen LogP contribution in [0, 0.1) is 5.82 Å². The van der Waals surface area contributed by atoms with Crippen molar-refractivity contribution in [3.63, 3.8) is 0 Å². The van der Waals surface area contributed by atoms with Gasteiger partial charge in [-0.15, -0.1) is 0 Å². The monoisotopic (exact) mass is 283 g/mol. The number of nitrogens with zero attached hydrogens (tertiary/aromatic N) is 1. The molecule has 0 atom stereocenters. The summed E-state index contributed by atoms with van der Waals surface area (Å²) >= 11 is 2.80. The first-order valence-electron chi connectivity index (χ1n) is 3.76. The van der Waals surface area contributed by atoms with Gasteiger partial charge in [0.05, 0.1) is 17.7 Å². The minimum absolute atomic E-state index is 0.0181. The number of aromatic nitrogens is 1. The fourth-order valence-electron chi connectivity index (χ4n) is 0.988. The number of carboxylic acid groups (broad SMARTS) is 1. The highest BCUT2D eigenvalue weighted by molar-refractivity contribution is 9.10. The van der Waals surface area contributed by atoms with E-state index >= 15 is 0 Å². The number of carboxylic acids is 1. The molecule has 0 saturated carbocycles. The van der Waals surface area contributed by atoms with E-state index in [0.29, 0.717) is 0 Å². The zero-order valence-electron chi connectivity index (χ0n) is 7.18. The van der Waals surface area contributed by atoms with E-state index in [4.69, 9.17) is 5.11 Å². The van der Waals surface area contributed by atoms with Crippen LogP contribution in [0.4, 0.5) is 13.2 Å². The van der Waals surface area contributed by atoms with E-state index in [-0.39, 0.29) is 4.60 Å². The van der Waals surface area contributed by atoms with Crippen molar-refractivity contribution in [2.75, 3.05) is 0 Å². The Morgan fingerprint density at radius 1 is 1.60 bits per heavy atom. The van der Waals surface area contributed by atoms with Gasteiger partial charge in [-0.1, -0.05) is 0 Å². The topological polar surface area (TPSA) is 50.2 Å². The van der Waals surface area contributed by atoms with Crippen LogP contribution in [0.15, 0.2) is 10.7 Å². The first-order valence-corrected chi connectivity index (χ1v) is 4.56. The molecule has 0 unspecified atom stereocenters. The van der Waals surface area contributed by atoms with Gasteiger partial charge >= 0.3 is 5.97 Å². The normalized spacial score (nSPS) is 10.7. The van der Waals surface area contributed by atoms with E-state index in [1.54, 1.807) is 0 Å². The highest BCUT2D eigenvalue weighted by atomic mass is 79.9. The second kappa shape index (κ2) is 4.61. The number of halogens is 4. The Morgan fingerprint density at radius 2 is 2.20 bits per heavy atom. The molecule has 0 amide bonds. The summed E-state index contributed by atoms with van der Waals surface area (Å²) in [6.07, 6.45) is -3.73. The highest BCUT2D eigenvalue weighted by Crippen LogP contribution is 2.26. The molecule has 0 fully saturated rings. The lowest BCUT2D eigenvalue weighted by molar-refractivity contribution is -0.136. The van der Waals surface area contributed by atoms with Crippen LogP contribution >= 0.6 is 15.9 Å². The van der Waals surface area contributed by atoms with Crippen molar-refractivity contribution in [3.8, 4) is 0 Å². The van der Waals surface area contributed by atoms with Crippen molar-refractivity contribution >= 4 is 21.9 Å². The summed E-state index contributed by atoms with van der Waals surface area (Å²) in [6, 6.07) is 0.825. The van der Waals surface area contributed by atoms with Crippen LogP contribution in [0.5, 0.6) is 0 Å². The number of hydrogen-bond acceptors (Lipinski definition) is 2. The highest BCUT2D eigenvalue weighted by Gasteiger charge is 2.20. The number of hydrogen-bond donors (Lipinski definition) is 1. The lowest BCUT2D eigenvalue weighted by atomic mass is 10.2. The van der Waals surface area contributed by atoms with E-state index in [0.717, 1.165) is 6.07 Å². The van der Waals surface area contributed by atoms with Gasteiger partial charge in [0.15, 0.2) is 5.82 Å². The van der Waals surface area contributed by atoms with Crippen molar-refractivity contribution in [2.24, 2.45) is 0 Å². The van der Waals surface area contributed by atoms with E-state index < -0.39 is 35.9 Å². The smallest absolute Gasteiger partial charge is 0.309 e. The fourth-order valence-corrected chi connectivity index (χ4v) is 1.45. The Labute approximate surface area is 91.1 Å². The van der Waals surface area contributed by atoms with Crippen LogP contribution < -0.4 is 0 Å². The minimum Gasteiger partial charge on any atom is -0.481 e. The summed E-state index contributed by atoms with van der Waals surface area (Å²) in [7, 11) is 0. The largest absolute Gasteiger partial charge is 0.481 e. The van der Waals surface area contributed by atoms with Crippen molar-refractivity contribution in [2.45, 2.75) is 12.8 Å². The van der Waals surface area contributed by atoms with E-state index in [2.05, 4.69) is 20.9 Å². The van der Waals surface area contributed by atoms with Crippen molar-refractivity contribution in [1.82, 2.24) is 4.98 Å². The molecule has 7 heteroatoms. The van der Waals surface area contributed by atoms with Gasteiger partial charge in [-0.25, -0.2) is 18.2 Å². The number of alkyl halides is 2. The molecular formula is C8H5BrF3NO2. The molecule has 1 N–H and O–H groups in total. The summed E-state index contributed by atoms with van der Waals surface area (Å²) in [5.41, 5.74) is -1.36. The van der Waals surface area contributed by atoms with Gasteiger partial charge in [0.2, 0.25) is 0 Å². The first-order chi connectivity index (χ1) is 6.91. The average Bonchev–Trinajstić information content (AvgIpc) is 2.09. The number of pyridine rings is 1. The molecule has 0 spiro atoms. The Hall–Kier alpha value is -1.11. The second-order valence-electron chi connectivity index (χ2n) is 2.67. The molecule has 15 heavy (non-hydrogen) atoms. The molecule has 1 rings (SSSR count). The predicted molar refractivity (Wildman–Crippen MR) is 48.2 cm³/mol. The molecule has 1 aromatic heterocycles. The summed E-state index contributed by atoms with van der Waals surface area (Å²) in [4.78, 5) is 13.8. The van der Waals surface area contributed by atoms with Crippen LogP contribution in [-0.4, -0.2) is 16.1 Å². The summed E-state index contributed by atoms with van der Waals surface area (Å²) in [6.45, 7) is 0. The number of carbonyl (C=O) groups is 1. The van der Waals surface area contributed by atoms with Gasteiger partial charge in [0.25, 0.3) is 6.43 Å². The quantitative estimate of drug-likeness (QED) is 0.868. The molecule has 0 aliphatic heterocycles. The third-order valence-corrected chi connectivity index (χ3v) is 1.98. The van der Waals surface area contributed by atoms with Gasteiger partial charge in [0, 0.05) is 0 Å². The van der Waals surface area contributed by atoms with E-state index in [1.807, 2.05) is 0 Å². The third-order valence-electron chi connectivity index (χ3n) is 1.58. The maximum Gasteiger partial charge on any atom is 0.309 e. The second-order valence-corrected chi connectivity index (χ2v) is 3.48. The molecule has 1 aromatic rings. The van der Waals surface area contributed by atoms with Crippen LogP contribution in [0.2, 0.25) is 0 Å². The summed E-state index contributed by atoms with van der Waals surface area (Å²) in [5.74, 6) is -2.60. The maximum atomic E-state index is 13.2. The molecule has 1 heterocycles. The van der Waals surface area contributed by atoms with Gasteiger partial charge in [0.1, 0.15) is 4.60 Å². The molecule has 0 bridgehead atoms. The SMILES string of the molecule is O=C(O)Cc1nc(Br)cc(C(F)F)c1F. The van der Waals surface area contributed by atoms with Gasteiger partial charge in [-0.3, -0.25) is 4.79 Å². The fraction of sp³-hybridized carbons (Fsp3) is 0.250. The van der Waals surface area contributed by atoms with Crippen LogP contribution in [0.3, 0.4) is 0 Å². The minimum atomic E-state index is -3.00. The third kappa shape index (κ3) is 2.92. The standard InChI is InChI=1S/C8H5BrF3NO2/c9-5-1-3(8(11)12)7(10)4(13-5)2-6(14)15/h1,8H,2H2,(H,14,15). The summed E-state index contributed by atoms with van der Waals surface area (Å²) < 4.78 is 37.8. The van der Waals surface area contributed by atoms with Gasteiger partial charge < -0.3 is 5.11 Å². The van der Waals surface area contributed by atoms with Crippen LogP contribution in [0.25, 0.3) is 0 Å². The van der Waals surface area contributed by atoms with Gasteiger partial charge in [-0.05, 0) is 22.0 Å². The van der Waals surface area contributed by atoms with Gasteiger partial charge in [-0.2, -0.15) is 0 Å². The Balaban J connectivity index is 3.21.